The quantitative estimate of drug-likeness (QED) is 0.0237. The van der Waals surface area contributed by atoms with Crippen LogP contribution in [0.3, 0.4) is 0 Å². The van der Waals surface area contributed by atoms with E-state index in [0.29, 0.717) is 51.8 Å². The Morgan fingerprint density at radius 2 is 1.59 bits per heavy atom. The van der Waals surface area contributed by atoms with Crippen molar-refractivity contribution in [1.29, 1.82) is 0 Å². The smallest absolute Gasteiger partial charge is 0.343 e. The van der Waals surface area contributed by atoms with Gasteiger partial charge in [-0.25, -0.2) is 14.2 Å². The summed E-state index contributed by atoms with van der Waals surface area (Å²) in [6.45, 7) is 3.96. The van der Waals surface area contributed by atoms with E-state index >= 15 is 4.39 Å². The first-order valence-electron chi connectivity index (χ1n) is 27.5. The number of fused-ring (bicyclic) bond motifs is 5. The average Bonchev–Trinajstić information content (AvgIpc) is 3.10. The number of aryl methyl sites for hydroxylation is 1. The van der Waals surface area contributed by atoms with Gasteiger partial charge in [0.1, 0.15) is 18.5 Å². The number of likely N-dealkylation sites (tertiary alicyclic amines) is 1. The Morgan fingerprint density at radius 1 is 0.854 bits per heavy atom. The minimum atomic E-state index is -2.05. The second-order valence-electron chi connectivity index (χ2n) is 21.2. The van der Waals surface area contributed by atoms with Crippen molar-refractivity contribution in [3.63, 3.8) is 0 Å². The first-order valence-corrected chi connectivity index (χ1v) is 27.5. The standard InChI is InChI=1S/C58H65FN8O15/c1-4-58(81)37-25-43-53-35(28-66(43)56(79)36(37)29-82-57(58)80)52-39(14-13-34-31(3)38(59)26-41(65-53)51(34)52)63-47(72)11-8-21-60-45(70)18-16-44(69)40(24-32-9-6-5-7-10-32)64-48(73)17-12-33(68)27-62-46(71)20-22-61-54(77)42(15-19-50(75)76)67-49(74)23-30(2)55(67)78/h5-7,9-10,25-26,30,39-40,42,81H,4,8,11-24,27-29H2,1-3H3,(H,60,70)(H,61,77)(H,62,71)(H,63,72)(H,64,73)(H,75,76)/t30?,39?,40-,42-,58-/m0/s1. The molecule has 82 heavy (non-hydrogen) atoms. The van der Waals surface area contributed by atoms with Gasteiger partial charge in [-0.05, 0) is 73.8 Å². The minimum Gasteiger partial charge on any atom is -0.481 e. The fourth-order valence-electron chi connectivity index (χ4n) is 11.1. The zero-order chi connectivity index (χ0) is 59.2. The van der Waals surface area contributed by atoms with E-state index in [9.17, 15) is 62.6 Å². The lowest BCUT2D eigenvalue weighted by Gasteiger charge is -2.31. The number of aromatic nitrogens is 2. The topological polar surface area (TPSA) is 336 Å². The molecule has 0 radical (unpaired) electrons. The van der Waals surface area contributed by atoms with Crippen LogP contribution < -0.4 is 32.1 Å². The van der Waals surface area contributed by atoms with Crippen LogP contribution in [-0.4, -0.2) is 121 Å². The van der Waals surface area contributed by atoms with Crippen molar-refractivity contribution < 1.29 is 72.1 Å². The van der Waals surface area contributed by atoms with E-state index in [4.69, 9.17) is 14.8 Å². The van der Waals surface area contributed by atoms with Crippen LogP contribution in [0.4, 0.5) is 4.39 Å². The number of hydrogen-bond donors (Lipinski definition) is 7. The second-order valence-corrected chi connectivity index (χ2v) is 21.2. The largest absolute Gasteiger partial charge is 0.481 e. The fraction of sp³-hybridized carbons (Fsp3) is 0.466. The van der Waals surface area contributed by atoms with Crippen LogP contribution in [0.5, 0.6) is 0 Å². The first kappa shape index (κ1) is 59.6. The third-order valence-corrected chi connectivity index (χ3v) is 15.6. The number of nitrogens with zero attached hydrogens (tertiary/aromatic N) is 3. The number of ketones is 2. The van der Waals surface area contributed by atoms with Crippen LogP contribution in [0.15, 0.2) is 47.3 Å². The number of hydrogen-bond acceptors (Lipinski definition) is 15. The SMILES string of the molecule is CC[C@@]1(O)C(=O)OCc2c1cc1n(c2=O)Cc2c-1nc1cc(F)c(C)c3c1c2C(NC(=O)CCCNC(=O)CCC(=O)[C@H](Cc1ccccc1)NC(=O)CCC(=O)CNC(=O)CCNC(=O)[C@H](CCC(=O)O)N1C(=O)CC(C)C1=O)CC3. The molecule has 1 fully saturated rings. The summed E-state index contributed by atoms with van der Waals surface area (Å²) >= 11 is 0. The highest BCUT2D eigenvalue weighted by Gasteiger charge is 2.46. The van der Waals surface area contributed by atoms with Crippen molar-refractivity contribution in [2.75, 3.05) is 19.6 Å². The van der Waals surface area contributed by atoms with E-state index in [0.717, 1.165) is 16.0 Å². The van der Waals surface area contributed by atoms with E-state index in [1.807, 2.05) is 0 Å². The maximum atomic E-state index is 15.4. The van der Waals surface area contributed by atoms with Crippen molar-refractivity contribution >= 4 is 75.8 Å². The number of ether oxygens (including phenoxy) is 1. The maximum absolute atomic E-state index is 15.4. The number of amides is 7. The molecule has 2 aromatic carbocycles. The van der Waals surface area contributed by atoms with Crippen LogP contribution in [0.1, 0.15) is 136 Å². The number of carboxylic acid groups (broad SMARTS) is 1. The Morgan fingerprint density at radius 3 is 2.29 bits per heavy atom. The Labute approximate surface area is 469 Å². The molecule has 2 aromatic heterocycles. The first-order chi connectivity index (χ1) is 39.1. The van der Waals surface area contributed by atoms with Crippen LogP contribution in [0.2, 0.25) is 0 Å². The lowest BCUT2D eigenvalue weighted by atomic mass is 9.81. The molecule has 23 nitrogen and oxygen atoms in total. The number of benzene rings is 2. The predicted octanol–water partition coefficient (Wildman–Crippen LogP) is 2.20. The number of carboxylic acids is 1. The Balaban J connectivity index is 0.794. The molecule has 434 valence electrons. The molecule has 2 unspecified atom stereocenters. The molecule has 4 aliphatic rings. The molecular weight excluding hydrogens is 1070 g/mol. The van der Waals surface area contributed by atoms with Gasteiger partial charge in [0.2, 0.25) is 41.4 Å². The lowest BCUT2D eigenvalue weighted by molar-refractivity contribution is -0.172. The Bertz CT molecular complexity index is 3360. The monoisotopic (exact) mass is 1130 g/mol. The predicted molar refractivity (Wildman–Crippen MR) is 288 cm³/mol. The number of carbonyl (C=O) groups is 11. The Kier molecular flexibility index (Phi) is 18.5. The molecular formula is C58H65FN8O15. The molecule has 7 amide bonds. The van der Waals surface area contributed by atoms with Crippen molar-refractivity contribution in [3.8, 4) is 11.4 Å². The zero-order valence-corrected chi connectivity index (χ0v) is 45.7. The van der Waals surface area contributed by atoms with Gasteiger partial charge in [0, 0.05) is 93.0 Å². The number of pyridine rings is 2. The summed E-state index contributed by atoms with van der Waals surface area (Å²) in [4.78, 5) is 160. The molecule has 1 saturated heterocycles. The van der Waals surface area contributed by atoms with E-state index in [1.54, 1.807) is 50.2 Å². The van der Waals surface area contributed by atoms with Crippen LogP contribution >= 0.6 is 0 Å². The normalized spacial score (nSPS) is 18.4. The average molecular weight is 1130 g/mol. The van der Waals surface area contributed by atoms with Gasteiger partial charge in [0.05, 0.1) is 47.6 Å². The number of esters is 1. The van der Waals surface area contributed by atoms with Crippen LogP contribution in [0, 0.1) is 18.7 Å². The van der Waals surface area contributed by atoms with E-state index in [1.165, 1.54) is 17.6 Å². The number of carbonyl (C=O) groups excluding carboxylic acids is 10. The molecule has 0 bridgehead atoms. The van der Waals surface area contributed by atoms with Crippen molar-refractivity contribution in [3.05, 3.63) is 97.6 Å². The van der Waals surface area contributed by atoms with Crippen LogP contribution in [-0.2, 0) is 89.1 Å². The molecule has 5 heterocycles. The maximum Gasteiger partial charge on any atom is 0.343 e. The van der Waals surface area contributed by atoms with E-state index in [-0.39, 0.29) is 114 Å². The third kappa shape index (κ3) is 13.0. The number of Topliss-reactive ketones (excluding diaryl/α,β-unsaturated/α-hetero) is 2. The molecule has 24 heteroatoms. The highest BCUT2D eigenvalue weighted by atomic mass is 19.1. The van der Waals surface area contributed by atoms with Gasteiger partial charge in [0.15, 0.2) is 17.2 Å². The van der Waals surface area contributed by atoms with Gasteiger partial charge < -0.3 is 46.1 Å². The van der Waals surface area contributed by atoms with E-state index < -0.39 is 113 Å². The minimum absolute atomic E-state index is 0.00454. The number of nitrogens with one attached hydrogen (secondary N) is 5. The van der Waals surface area contributed by atoms with Crippen LogP contribution in [0.25, 0.3) is 22.3 Å². The molecule has 1 aliphatic carbocycles. The van der Waals surface area contributed by atoms with Gasteiger partial charge in [-0.2, -0.15) is 0 Å². The highest BCUT2D eigenvalue weighted by Crippen LogP contribution is 2.46. The summed E-state index contributed by atoms with van der Waals surface area (Å²) < 4.78 is 22.1. The third-order valence-electron chi connectivity index (χ3n) is 15.6. The van der Waals surface area contributed by atoms with Crippen molar-refractivity contribution in [2.45, 2.75) is 148 Å². The molecule has 3 aliphatic heterocycles. The molecule has 0 spiro atoms. The number of aliphatic hydroxyl groups is 1. The van der Waals surface area contributed by atoms with Gasteiger partial charge in [-0.3, -0.25) is 57.6 Å². The van der Waals surface area contributed by atoms with Gasteiger partial charge in [-0.15, -0.1) is 0 Å². The Hall–Kier alpha value is -8.54. The lowest BCUT2D eigenvalue weighted by Crippen LogP contribution is -2.50. The number of aliphatic carboxylic acids is 1. The summed E-state index contributed by atoms with van der Waals surface area (Å²) in [6, 6.07) is 8.76. The number of rotatable bonds is 26. The molecule has 4 aromatic rings. The molecule has 8 rings (SSSR count). The molecule has 5 atom stereocenters. The molecule has 0 saturated carbocycles. The number of cyclic esters (lactones) is 1. The number of halogens is 1. The van der Waals surface area contributed by atoms with Gasteiger partial charge in [0.25, 0.3) is 5.56 Å². The van der Waals surface area contributed by atoms with Crippen molar-refractivity contribution in [2.24, 2.45) is 5.92 Å². The van der Waals surface area contributed by atoms with E-state index in [2.05, 4.69) is 26.6 Å². The number of imide groups is 1. The summed E-state index contributed by atoms with van der Waals surface area (Å²) in [5, 5.41) is 34.6. The fourth-order valence-corrected chi connectivity index (χ4v) is 11.1. The summed E-state index contributed by atoms with van der Waals surface area (Å²) in [6.07, 6.45) is -1.19. The zero-order valence-electron chi connectivity index (χ0n) is 45.7. The second kappa shape index (κ2) is 25.5. The highest BCUT2D eigenvalue weighted by molar-refractivity contribution is 6.07. The summed E-state index contributed by atoms with van der Waals surface area (Å²) in [7, 11) is 0. The molecule has 7 N–H and O–H groups in total. The van der Waals surface area contributed by atoms with Crippen molar-refractivity contribution in [1.82, 2.24) is 41.0 Å². The summed E-state index contributed by atoms with van der Waals surface area (Å²) in [5.41, 5.74) is 2.09. The summed E-state index contributed by atoms with van der Waals surface area (Å²) in [5.74, 6) is -8.25. The van der Waals surface area contributed by atoms with Gasteiger partial charge >= 0.3 is 11.9 Å². The van der Waals surface area contributed by atoms with Gasteiger partial charge in [-0.1, -0.05) is 44.2 Å².